The molecule has 0 bridgehead atoms. The summed E-state index contributed by atoms with van der Waals surface area (Å²) >= 11 is 0. The molecule has 0 radical (unpaired) electrons. The number of hydrogen-bond acceptors (Lipinski definition) is 6. The van der Waals surface area contributed by atoms with Crippen LogP contribution < -0.4 is 5.73 Å². The summed E-state index contributed by atoms with van der Waals surface area (Å²) in [5, 5.41) is 7.67. The van der Waals surface area contributed by atoms with Crippen molar-refractivity contribution >= 4 is 16.4 Å². The van der Waals surface area contributed by atoms with E-state index in [1.165, 1.54) is 0 Å². The average molecular weight is 217 g/mol. The summed E-state index contributed by atoms with van der Waals surface area (Å²) in [6, 6.07) is 0. The molecule has 0 heterocycles. The van der Waals surface area contributed by atoms with Gasteiger partial charge >= 0.3 is 16.4 Å². The number of carbonyl (C=O) groups is 1. The van der Waals surface area contributed by atoms with Crippen LogP contribution in [0.25, 0.3) is 0 Å². The van der Waals surface area contributed by atoms with E-state index in [1.54, 1.807) is 0 Å². The van der Waals surface area contributed by atoms with Gasteiger partial charge in [-0.25, -0.2) is 4.79 Å². The van der Waals surface area contributed by atoms with Crippen molar-refractivity contribution in [3.63, 3.8) is 0 Å². The molecular formula is C4H11NO7S. The molecule has 13 heavy (non-hydrogen) atoms. The smallest absolute Gasteiger partial charge is 0.330 e. The standard InChI is InChI=1S/C4H9NO3.H2O4S/c5-3-1-2-4(6)8-7;1-5(2,3)4/h7H,1-3,5H2;(H2,1,2,3,4). The first-order valence-electron chi connectivity index (χ1n) is 3.05. The van der Waals surface area contributed by atoms with Crippen molar-refractivity contribution in [2.45, 2.75) is 12.8 Å². The Kier molecular flexibility index (Phi) is 8.96. The van der Waals surface area contributed by atoms with E-state index in [-0.39, 0.29) is 6.42 Å². The minimum absolute atomic E-state index is 0.188. The van der Waals surface area contributed by atoms with Crippen LogP contribution in [-0.4, -0.2) is 35.3 Å². The predicted molar refractivity (Wildman–Crippen MR) is 41.2 cm³/mol. The third-order valence-electron chi connectivity index (χ3n) is 0.687. The molecule has 0 aromatic heterocycles. The SMILES string of the molecule is NCCCC(=O)OO.O=S(=O)(O)O. The van der Waals surface area contributed by atoms with E-state index in [2.05, 4.69) is 4.89 Å². The fourth-order valence-electron chi connectivity index (χ4n) is 0.292. The number of rotatable bonds is 3. The molecule has 9 heteroatoms. The van der Waals surface area contributed by atoms with Crippen molar-refractivity contribution in [1.82, 2.24) is 0 Å². The lowest BCUT2D eigenvalue weighted by molar-refractivity contribution is -0.234. The van der Waals surface area contributed by atoms with Crippen LogP contribution in [0.5, 0.6) is 0 Å². The van der Waals surface area contributed by atoms with Crippen molar-refractivity contribution in [2.24, 2.45) is 5.73 Å². The maximum absolute atomic E-state index is 10.0. The molecule has 0 aliphatic carbocycles. The molecule has 8 nitrogen and oxygen atoms in total. The topological polar surface area (TPSA) is 147 Å². The quantitative estimate of drug-likeness (QED) is 0.270. The minimum atomic E-state index is -4.67. The first-order valence-corrected chi connectivity index (χ1v) is 4.45. The van der Waals surface area contributed by atoms with Gasteiger partial charge in [0.2, 0.25) is 0 Å². The van der Waals surface area contributed by atoms with Crippen molar-refractivity contribution in [2.75, 3.05) is 6.54 Å². The van der Waals surface area contributed by atoms with Crippen LogP contribution in [0.3, 0.4) is 0 Å². The highest BCUT2D eigenvalue weighted by Gasteiger charge is 1.97. The Balaban J connectivity index is 0. The molecule has 0 aromatic carbocycles. The van der Waals surface area contributed by atoms with Gasteiger partial charge in [0, 0.05) is 0 Å². The van der Waals surface area contributed by atoms with Crippen molar-refractivity contribution in [3.05, 3.63) is 0 Å². The van der Waals surface area contributed by atoms with Crippen LogP contribution in [0.2, 0.25) is 0 Å². The highest BCUT2D eigenvalue weighted by molar-refractivity contribution is 7.79. The highest BCUT2D eigenvalue weighted by atomic mass is 32.3. The lowest BCUT2D eigenvalue weighted by Crippen LogP contribution is -2.05. The monoisotopic (exact) mass is 217 g/mol. The molecule has 0 amide bonds. The van der Waals surface area contributed by atoms with Gasteiger partial charge in [-0.15, -0.1) is 0 Å². The Morgan fingerprint density at radius 1 is 1.38 bits per heavy atom. The van der Waals surface area contributed by atoms with Gasteiger partial charge < -0.3 is 10.6 Å². The van der Waals surface area contributed by atoms with Gasteiger partial charge in [-0.3, -0.25) is 9.11 Å². The average Bonchev–Trinajstić information content (AvgIpc) is 1.97. The predicted octanol–water partition coefficient (Wildman–Crippen LogP) is -0.911. The second-order valence-electron chi connectivity index (χ2n) is 1.80. The van der Waals surface area contributed by atoms with Gasteiger partial charge in [-0.2, -0.15) is 13.7 Å². The largest absolute Gasteiger partial charge is 0.394 e. The molecule has 0 atom stereocenters. The van der Waals surface area contributed by atoms with Crippen LogP contribution in [-0.2, 0) is 20.1 Å². The van der Waals surface area contributed by atoms with E-state index in [0.29, 0.717) is 13.0 Å². The molecule has 0 aliphatic heterocycles. The molecule has 0 saturated carbocycles. The zero-order chi connectivity index (χ0) is 10.9. The van der Waals surface area contributed by atoms with Crippen molar-refractivity contribution < 1.29 is 32.5 Å². The number of hydrogen-bond donors (Lipinski definition) is 4. The summed E-state index contributed by atoms with van der Waals surface area (Å²) in [4.78, 5) is 13.4. The van der Waals surface area contributed by atoms with Crippen LogP contribution >= 0.6 is 0 Å². The van der Waals surface area contributed by atoms with E-state index < -0.39 is 16.4 Å². The zero-order valence-corrected chi connectivity index (χ0v) is 7.40. The Bertz CT molecular complexity index is 215. The van der Waals surface area contributed by atoms with Crippen LogP contribution in [0.4, 0.5) is 0 Å². The van der Waals surface area contributed by atoms with E-state index >= 15 is 0 Å². The van der Waals surface area contributed by atoms with Gasteiger partial charge in [-0.1, -0.05) is 0 Å². The third kappa shape index (κ3) is 34.9. The van der Waals surface area contributed by atoms with Crippen LogP contribution in [0.15, 0.2) is 0 Å². The van der Waals surface area contributed by atoms with E-state index in [4.69, 9.17) is 28.5 Å². The Morgan fingerprint density at radius 2 is 1.77 bits per heavy atom. The lowest BCUT2D eigenvalue weighted by Gasteiger charge is -1.91. The summed E-state index contributed by atoms with van der Waals surface area (Å²) in [6.07, 6.45) is 0.742. The molecule has 80 valence electrons. The van der Waals surface area contributed by atoms with E-state index in [0.717, 1.165) is 0 Å². The van der Waals surface area contributed by atoms with Gasteiger partial charge in [0.25, 0.3) is 0 Å². The molecule has 0 unspecified atom stereocenters. The minimum Gasteiger partial charge on any atom is -0.330 e. The summed E-state index contributed by atoms with van der Waals surface area (Å²) < 4.78 is 31.6. The van der Waals surface area contributed by atoms with Gasteiger partial charge in [-0.05, 0) is 13.0 Å². The van der Waals surface area contributed by atoms with Crippen molar-refractivity contribution in [1.29, 1.82) is 0 Å². The number of nitrogens with two attached hydrogens (primary N) is 1. The Labute approximate surface area is 74.8 Å². The third-order valence-corrected chi connectivity index (χ3v) is 0.687. The van der Waals surface area contributed by atoms with Gasteiger partial charge in [0.1, 0.15) is 0 Å². The maximum atomic E-state index is 10.0. The molecular weight excluding hydrogens is 206 g/mol. The number of carbonyl (C=O) groups excluding carboxylic acids is 1. The zero-order valence-electron chi connectivity index (χ0n) is 6.58. The Morgan fingerprint density at radius 3 is 2.00 bits per heavy atom. The molecule has 0 rings (SSSR count). The summed E-state index contributed by atoms with van der Waals surface area (Å²) in [5.41, 5.74) is 5.04. The summed E-state index contributed by atoms with van der Waals surface area (Å²) in [5.74, 6) is -0.629. The fourth-order valence-corrected chi connectivity index (χ4v) is 0.292. The maximum Gasteiger partial charge on any atom is 0.394 e. The van der Waals surface area contributed by atoms with Gasteiger partial charge in [0.05, 0.1) is 6.42 Å². The molecule has 0 saturated heterocycles. The van der Waals surface area contributed by atoms with E-state index in [9.17, 15) is 4.79 Å². The van der Waals surface area contributed by atoms with Crippen molar-refractivity contribution in [3.8, 4) is 0 Å². The van der Waals surface area contributed by atoms with Crippen LogP contribution in [0, 0.1) is 0 Å². The summed E-state index contributed by atoms with van der Waals surface area (Å²) in [6.45, 7) is 0.440. The molecule has 0 fully saturated rings. The first kappa shape index (κ1) is 14.8. The Hall–Kier alpha value is -0.740. The normalized spacial score (nSPS) is 9.85. The summed E-state index contributed by atoms with van der Waals surface area (Å²) in [7, 11) is -4.67. The highest BCUT2D eigenvalue weighted by Crippen LogP contribution is 1.86. The molecule has 0 aliphatic rings. The molecule has 5 N–H and O–H groups in total. The fraction of sp³-hybridized carbons (Fsp3) is 0.750. The first-order chi connectivity index (χ1) is 5.81. The molecule has 0 aromatic rings. The second-order valence-corrected chi connectivity index (χ2v) is 2.70. The van der Waals surface area contributed by atoms with E-state index in [1.807, 2.05) is 0 Å². The van der Waals surface area contributed by atoms with Crippen LogP contribution in [0.1, 0.15) is 12.8 Å². The molecule has 0 spiro atoms. The second kappa shape index (κ2) is 7.89. The van der Waals surface area contributed by atoms with Gasteiger partial charge in [0.15, 0.2) is 0 Å². The lowest BCUT2D eigenvalue weighted by atomic mass is 10.3.